The normalized spacial score (nSPS) is 11.6. The molecular formula is C18H17F2NO4. The second-order valence-corrected chi connectivity index (χ2v) is 5.30. The molecule has 0 aromatic heterocycles. The van der Waals surface area contributed by atoms with Crippen LogP contribution in [0.5, 0.6) is 11.5 Å². The van der Waals surface area contributed by atoms with Gasteiger partial charge in [-0.1, -0.05) is 0 Å². The molecule has 0 radical (unpaired) electrons. The van der Waals surface area contributed by atoms with Crippen LogP contribution in [-0.2, 0) is 4.79 Å². The molecule has 0 bridgehead atoms. The molecule has 0 aliphatic rings. The summed E-state index contributed by atoms with van der Waals surface area (Å²) < 4.78 is 36.8. The van der Waals surface area contributed by atoms with Crippen molar-refractivity contribution in [1.82, 2.24) is 0 Å². The SMILES string of the molecule is COc1ccc(C(C)=O)c(OC(C)C(=O)Nc2ccc(F)c(F)c2)c1. The van der Waals surface area contributed by atoms with Crippen LogP contribution in [0.25, 0.3) is 0 Å². The molecule has 0 spiro atoms. The van der Waals surface area contributed by atoms with Gasteiger partial charge in [0.25, 0.3) is 5.91 Å². The fraction of sp³-hybridized carbons (Fsp3) is 0.222. The van der Waals surface area contributed by atoms with E-state index in [4.69, 9.17) is 9.47 Å². The zero-order chi connectivity index (χ0) is 18.6. The minimum atomic E-state index is -1.07. The van der Waals surface area contributed by atoms with Crippen LogP contribution in [-0.4, -0.2) is 24.9 Å². The summed E-state index contributed by atoms with van der Waals surface area (Å²) in [7, 11) is 1.46. The van der Waals surface area contributed by atoms with Crippen molar-refractivity contribution < 1.29 is 27.8 Å². The number of Topliss-reactive ketones (excluding diaryl/α,β-unsaturated/α-hetero) is 1. The third-order valence-electron chi connectivity index (χ3n) is 3.43. The van der Waals surface area contributed by atoms with E-state index in [1.807, 2.05) is 0 Å². The molecule has 0 aliphatic heterocycles. The fourth-order valence-electron chi connectivity index (χ4n) is 2.08. The van der Waals surface area contributed by atoms with E-state index in [0.717, 1.165) is 12.1 Å². The molecule has 0 aliphatic carbocycles. The van der Waals surface area contributed by atoms with Gasteiger partial charge in [0.15, 0.2) is 23.5 Å². The highest BCUT2D eigenvalue weighted by Gasteiger charge is 2.19. The molecule has 1 unspecified atom stereocenters. The van der Waals surface area contributed by atoms with Gasteiger partial charge >= 0.3 is 0 Å². The molecule has 0 fully saturated rings. The van der Waals surface area contributed by atoms with E-state index in [1.54, 1.807) is 6.07 Å². The summed E-state index contributed by atoms with van der Waals surface area (Å²) in [5.41, 5.74) is 0.394. The Hall–Kier alpha value is -2.96. The monoisotopic (exact) mass is 349 g/mol. The topological polar surface area (TPSA) is 64.6 Å². The van der Waals surface area contributed by atoms with E-state index in [9.17, 15) is 18.4 Å². The Bertz CT molecular complexity index is 808. The Morgan fingerprint density at radius 2 is 1.80 bits per heavy atom. The summed E-state index contributed by atoms with van der Waals surface area (Å²) in [5, 5.41) is 2.42. The Morgan fingerprint density at radius 3 is 2.40 bits per heavy atom. The third kappa shape index (κ3) is 4.53. The Labute approximate surface area is 143 Å². The predicted octanol–water partition coefficient (Wildman–Crippen LogP) is 3.58. The first kappa shape index (κ1) is 18.4. The van der Waals surface area contributed by atoms with Gasteiger partial charge in [0.05, 0.1) is 12.7 Å². The molecule has 0 saturated carbocycles. The quantitative estimate of drug-likeness (QED) is 0.810. The molecule has 132 valence electrons. The first-order chi connectivity index (χ1) is 11.8. The molecule has 1 N–H and O–H groups in total. The number of ketones is 1. The molecule has 7 heteroatoms. The van der Waals surface area contributed by atoms with Crippen molar-refractivity contribution in [3.05, 3.63) is 53.6 Å². The highest BCUT2D eigenvalue weighted by atomic mass is 19.2. The molecule has 25 heavy (non-hydrogen) atoms. The maximum atomic E-state index is 13.2. The average Bonchev–Trinajstić information content (AvgIpc) is 2.57. The van der Waals surface area contributed by atoms with E-state index < -0.39 is 23.6 Å². The molecule has 5 nitrogen and oxygen atoms in total. The number of carbonyl (C=O) groups is 2. The van der Waals surface area contributed by atoms with Crippen LogP contribution >= 0.6 is 0 Å². The second kappa shape index (κ2) is 7.74. The lowest BCUT2D eigenvalue weighted by atomic mass is 10.1. The van der Waals surface area contributed by atoms with Gasteiger partial charge in [-0.05, 0) is 38.1 Å². The maximum absolute atomic E-state index is 13.2. The van der Waals surface area contributed by atoms with Crippen LogP contribution in [0.15, 0.2) is 36.4 Å². The molecular weight excluding hydrogens is 332 g/mol. The van der Waals surface area contributed by atoms with Crippen molar-refractivity contribution in [1.29, 1.82) is 0 Å². The number of hydrogen-bond donors (Lipinski definition) is 1. The highest BCUT2D eigenvalue weighted by molar-refractivity contribution is 5.98. The van der Waals surface area contributed by atoms with E-state index in [-0.39, 0.29) is 17.2 Å². The van der Waals surface area contributed by atoms with Crippen LogP contribution < -0.4 is 14.8 Å². The zero-order valence-electron chi connectivity index (χ0n) is 13.9. The van der Waals surface area contributed by atoms with E-state index in [1.165, 1.54) is 39.2 Å². The Balaban J connectivity index is 2.15. The third-order valence-corrected chi connectivity index (χ3v) is 3.43. The first-order valence-corrected chi connectivity index (χ1v) is 7.43. The van der Waals surface area contributed by atoms with Crippen molar-refractivity contribution in [2.45, 2.75) is 20.0 Å². The first-order valence-electron chi connectivity index (χ1n) is 7.43. The van der Waals surface area contributed by atoms with Crippen LogP contribution in [0, 0.1) is 11.6 Å². The highest BCUT2D eigenvalue weighted by Crippen LogP contribution is 2.26. The maximum Gasteiger partial charge on any atom is 0.265 e. The summed E-state index contributed by atoms with van der Waals surface area (Å²) in [6.07, 6.45) is -0.988. The molecule has 2 rings (SSSR count). The number of nitrogens with one attached hydrogen (secondary N) is 1. The van der Waals surface area contributed by atoms with Gasteiger partial charge in [-0.3, -0.25) is 9.59 Å². The molecule has 2 aromatic carbocycles. The van der Waals surface area contributed by atoms with Gasteiger partial charge in [-0.25, -0.2) is 8.78 Å². The van der Waals surface area contributed by atoms with E-state index >= 15 is 0 Å². The minimum absolute atomic E-state index is 0.0942. The van der Waals surface area contributed by atoms with Crippen LogP contribution in [0.1, 0.15) is 24.2 Å². The summed E-state index contributed by atoms with van der Waals surface area (Å²) in [6, 6.07) is 7.65. The number of amides is 1. The number of ether oxygens (including phenoxy) is 2. The van der Waals surface area contributed by atoms with Gasteiger partial charge in [0.2, 0.25) is 0 Å². The summed E-state index contributed by atoms with van der Waals surface area (Å²) >= 11 is 0. The molecule has 0 heterocycles. The number of hydrogen-bond acceptors (Lipinski definition) is 4. The zero-order valence-corrected chi connectivity index (χ0v) is 13.9. The van der Waals surface area contributed by atoms with Crippen molar-refractivity contribution >= 4 is 17.4 Å². The largest absolute Gasteiger partial charge is 0.497 e. The minimum Gasteiger partial charge on any atom is -0.497 e. The predicted molar refractivity (Wildman–Crippen MR) is 88.1 cm³/mol. The lowest BCUT2D eigenvalue weighted by molar-refractivity contribution is -0.122. The lowest BCUT2D eigenvalue weighted by Gasteiger charge is -2.17. The molecule has 1 atom stereocenters. The Kier molecular flexibility index (Phi) is 5.69. The average molecular weight is 349 g/mol. The van der Waals surface area contributed by atoms with Crippen molar-refractivity contribution in [3.63, 3.8) is 0 Å². The summed E-state index contributed by atoms with van der Waals surface area (Å²) in [5.74, 6) is -2.23. The smallest absolute Gasteiger partial charge is 0.265 e. The Morgan fingerprint density at radius 1 is 1.08 bits per heavy atom. The second-order valence-electron chi connectivity index (χ2n) is 5.30. The van der Waals surface area contributed by atoms with Gasteiger partial charge in [-0.2, -0.15) is 0 Å². The molecule has 1 amide bonds. The van der Waals surface area contributed by atoms with Crippen molar-refractivity contribution in [3.8, 4) is 11.5 Å². The van der Waals surface area contributed by atoms with Gasteiger partial charge in [-0.15, -0.1) is 0 Å². The molecule has 0 saturated heterocycles. The van der Waals surface area contributed by atoms with Crippen LogP contribution in [0.4, 0.5) is 14.5 Å². The van der Waals surface area contributed by atoms with Gasteiger partial charge in [0.1, 0.15) is 11.5 Å². The van der Waals surface area contributed by atoms with Gasteiger partial charge in [0, 0.05) is 17.8 Å². The summed E-state index contributed by atoms with van der Waals surface area (Å²) in [4.78, 5) is 23.9. The van der Waals surface area contributed by atoms with Crippen molar-refractivity contribution in [2.24, 2.45) is 0 Å². The van der Waals surface area contributed by atoms with Crippen LogP contribution in [0.3, 0.4) is 0 Å². The summed E-state index contributed by atoms with van der Waals surface area (Å²) in [6.45, 7) is 2.85. The molecule has 2 aromatic rings. The van der Waals surface area contributed by atoms with Crippen molar-refractivity contribution in [2.75, 3.05) is 12.4 Å². The van der Waals surface area contributed by atoms with Gasteiger partial charge < -0.3 is 14.8 Å². The lowest BCUT2D eigenvalue weighted by Crippen LogP contribution is -2.30. The fourth-order valence-corrected chi connectivity index (χ4v) is 2.08. The van der Waals surface area contributed by atoms with Crippen LogP contribution in [0.2, 0.25) is 0 Å². The number of halogens is 2. The van der Waals surface area contributed by atoms with E-state index in [0.29, 0.717) is 11.3 Å². The number of benzene rings is 2. The number of carbonyl (C=O) groups excluding carboxylic acids is 2. The van der Waals surface area contributed by atoms with E-state index in [2.05, 4.69) is 5.32 Å². The number of rotatable bonds is 6. The standard InChI is InChI=1S/C18H17F2NO4/c1-10(22)14-6-5-13(24-3)9-17(14)25-11(2)18(23)21-12-4-7-15(19)16(20)8-12/h4-9,11H,1-3H3,(H,21,23). The number of methoxy groups -OCH3 is 1. The number of anilines is 1.